The summed E-state index contributed by atoms with van der Waals surface area (Å²) in [4.78, 5) is 51.1. The molecule has 1 aromatic rings. The van der Waals surface area contributed by atoms with Crippen LogP contribution in [0.2, 0.25) is 0 Å². The van der Waals surface area contributed by atoms with Gasteiger partial charge in [-0.15, -0.1) is 0 Å². The molecule has 140 valence electrons. The highest BCUT2D eigenvalue weighted by atomic mass is 16.2. The van der Waals surface area contributed by atoms with Crippen molar-refractivity contribution in [3.63, 3.8) is 0 Å². The fraction of sp³-hybridized carbons (Fsp3) is 0.588. The number of hydrogen-bond donors (Lipinski definition) is 0. The van der Waals surface area contributed by atoms with E-state index in [9.17, 15) is 14.4 Å². The van der Waals surface area contributed by atoms with Crippen molar-refractivity contribution in [3.05, 3.63) is 17.6 Å². The number of carbonyl (C=O) groups excluding carboxylic acids is 3. The molecule has 9 nitrogen and oxygen atoms in total. The van der Waals surface area contributed by atoms with Crippen molar-refractivity contribution in [2.45, 2.75) is 13.8 Å². The van der Waals surface area contributed by atoms with Crippen LogP contribution in [0.3, 0.4) is 0 Å². The first kappa shape index (κ1) is 18.1. The predicted molar refractivity (Wildman–Crippen MR) is 94.8 cm³/mol. The van der Waals surface area contributed by atoms with Crippen molar-refractivity contribution in [1.82, 2.24) is 24.7 Å². The normalized spacial score (nSPS) is 18.1. The van der Waals surface area contributed by atoms with Gasteiger partial charge in [-0.25, -0.2) is 9.97 Å². The second kappa shape index (κ2) is 7.67. The fourth-order valence-electron chi connectivity index (χ4n) is 3.27. The molecule has 2 fully saturated rings. The van der Waals surface area contributed by atoms with E-state index in [-0.39, 0.29) is 11.8 Å². The lowest BCUT2D eigenvalue weighted by Crippen LogP contribution is -2.49. The number of anilines is 1. The molecule has 3 amide bonds. The molecule has 3 heterocycles. The molecule has 0 spiro atoms. The number of piperazine rings is 2. The van der Waals surface area contributed by atoms with Gasteiger partial charge in [0, 0.05) is 65.3 Å². The number of aryl methyl sites for hydroxylation is 1. The first-order valence-electron chi connectivity index (χ1n) is 8.82. The second-order valence-corrected chi connectivity index (χ2v) is 6.59. The van der Waals surface area contributed by atoms with Crippen LogP contribution in [-0.2, 0) is 9.59 Å². The third-order valence-corrected chi connectivity index (χ3v) is 4.84. The van der Waals surface area contributed by atoms with Crippen molar-refractivity contribution in [2.24, 2.45) is 0 Å². The fourth-order valence-corrected chi connectivity index (χ4v) is 3.27. The van der Waals surface area contributed by atoms with Crippen LogP contribution >= 0.6 is 0 Å². The van der Waals surface area contributed by atoms with E-state index in [1.54, 1.807) is 29.7 Å². The minimum absolute atomic E-state index is 0.0776. The van der Waals surface area contributed by atoms with Crippen LogP contribution in [0, 0.1) is 6.92 Å². The van der Waals surface area contributed by atoms with Gasteiger partial charge >= 0.3 is 0 Å². The van der Waals surface area contributed by atoms with Gasteiger partial charge in [0.1, 0.15) is 17.3 Å². The predicted octanol–water partition coefficient (Wildman–Crippen LogP) is -0.632. The molecule has 2 aliphatic heterocycles. The van der Waals surface area contributed by atoms with Crippen molar-refractivity contribution >= 4 is 24.0 Å². The van der Waals surface area contributed by atoms with Gasteiger partial charge in [-0.05, 0) is 6.92 Å². The lowest BCUT2D eigenvalue weighted by Gasteiger charge is -2.35. The Balaban J connectivity index is 1.71. The van der Waals surface area contributed by atoms with Crippen LogP contribution in [0.4, 0.5) is 5.82 Å². The number of rotatable bonds is 3. The first-order chi connectivity index (χ1) is 12.5. The van der Waals surface area contributed by atoms with E-state index in [0.717, 1.165) is 12.2 Å². The Morgan fingerprint density at radius 1 is 0.962 bits per heavy atom. The smallest absolute Gasteiger partial charge is 0.272 e. The maximum atomic E-state index is 12.8. The number of amides is 3. The van der Waals surface area contributed by atoms with Crippen molar-refractivity contribution in [2.75, 3.05) is 57.3 Å². The molecule has 0 aromatic carbocycles. The summed E-state index contributed by atoms with van der Waals surface area (Å²) in [5, 5.41) is 0. The summed E-state index contributed by atoms with van der Waals surface area (Å²) in [6.45, 7) is 8.11. The van der Waals surface area contributed by atoms with Gasteiger partial charge in [0.05, 0.1) is 0 Å². The topological polar surface area (TPSA) is 90.0 Å². The van der Waals surface area contributed by atoms with Crippen LogP contribution in [0.1, 0.15) is 23.2 Å². The van der Waals surface area contributed by atoms with E-state index in [1.165, 1.54) is 0 Å². The van der Waals surface area contributed by atoms with Gasteiger partial charge in [-0.2, -0.15) is 0 Å². The summed E-state index contributed by atoms with van der Waals surface area (Å²) >= 11 is 0. The summed E-state index contributed by atoms with van der Waals surface area (Å²) in [6.07, 6.45) is 0.815. The van der Waals surface area contributed by atoms with E-state index < -0.39 is 0 Å². The standard InChI is InChI=1S/C17H24N6O3/c1-13-18-15(17(26)23-5-3-20(12-24)4-6-23)11-16(19-13)22-9-7-21(8-10-22)14(2)25/h11-12H,3-10H2,1-2H3. The number of hydrogen-bond acceptors (Lipinski definition) is 6. The molecular weight excluding hydrogens is 336 g/mol. The van der Waals surface area contributed by atoms with Crippen molar-refractivity contribution < 1.29 is 14.4 Å². The first-order valence-corrected chi connectivity index (χ1v) is 8.82. The Morgan fingerprint density at radius 2 is 1.58 bits per heavy atom. The summed E-state index contributed by atoms with van der Waals surface area (Å²) in [6, 6.07) is 1.73. The molecule has 2 saturated heterocycles. The van der Waals surface area contributed by atoms with Crippen LogP contribution in [-0.4, -0.2) is 95.3 Å². The van der Waals surface area contributed by atoms with Gasteiger partial charge in [0.2, 0.25) is 12.3 Å². The Morgan fingerprint density at radius 3 is 2.15 bits per heavy atom. The number of carbonyl (C=O) groups is 3. The zero-order valence-corrected chi connectivity index (χ0v) is 15.2. The summed E-state index contributed by atoms with van der Waals surface area (Å²) in [7, 11) is 0. The molecule has 0 aliphatic carbocycles. The third kappa shape index (κ3) is 3.92. The van der Waals surface area contributed by atoms with Gasteiger partial charge in [0.25, 0.3) is 5.91 Å². The zero-order chi connectivity index (χ0) is 18.7. The lowest BCUT2D eigenvalue weighted by molar-refractivity contribution is -0.129. The highest BCUT2D eigenvalue weighted by Gasteiger charge is 2.25. The summed E-state index contributed by atoms with van der Waals surface area (Å²) in [5.41, 5.74) is 0.376. The molecule has 26 heavy (non-hydrogen) atoms. The molecule has 3 rings (SSSR count). The van der Waals surface area contributed by atoms with Crippen LogP contribution in [0.15, 0.2) is 6.07 Å². The molecule has 0 bridgehead atoms. The van der Waals surface area contributed by atoms with Gasteiger partial charge in [-0.1, -0.05) is 0 Å². The van der Waals surface area contributed by atoms with Gasteiger partial charge in [0.15, 0.2) is 0 Å². The molecule has 1 aromatic heterocycles. The summed E-state index contributed by atoms with van der Waals surface area (Å²) < 4.78 is 0. The maximum Gasteiger partial charge on any atom is 0.272 e. The van der Waals surface area contributed by atoms with Crippen molar-refractivity contribution in [1.29, 1.82) is 0 Å². The Labute approximate surface area is 152 Å². The van der Waals surface area contributed by atoms with Gasteiger partial charge in [-0.3, -0.25) is 14.4 Å². The average Bonchev–Trinajstić information content (AvgIpc) is 2.67. The second-order valence-electron chi connectivity index (χ2n) is 6.59. The molecular formula is C17H24N6O3. The lowest BCUT2D eigenvalue weighted by atomic mass is 10.2. The molecule has 0 atom stereocenters. The minimum Gasteiger partial charge on any atom is -0.353 e. The highest BCUT2D eigenvalue weighted by molar-refractivity contribution is 5.93. The molecule has 0 saturated carbocycles. The molecule has 0 unspecified atom stereocenters. The van der Waals surface area contributed by atoms with E-state index >= 15 is 0 Å². The van der Waals surface area contributed by atoms with Gasteiger partial charge < -0.3 is 19.6 Å². The minimum atomic E-state index is -0.135. The zero-order valence-electron chi connectivity index (χ0n) is 15.2. The maximum absolute atomic E-state index is 12.8. The Kier molecular flexibility index (Phi) is 5.34. The van der Waals surface area contributed by atoms with E-state index in [2.05, 4.69) is 14.9 Å². The SMILES string of the molecule is CC(=O)N1CCN(c2cc(C(=O)N3CCN(C=O)CC3)nc(C)n2)CC1. The Bertz CT molecular complexity index is 694. The quantitative estimate of drug-likeness (QED) is 0.667. The third-order valence-electron chi connectivity index (χ3n) is 4.84. The van der Waals surface area contributed by atoms with Crippen LogP contribution in [0.5, 0.6) is 0 Å². The van der Waals surface area contributed by atoms with Crippen LogP contribution < -0.4 is 4.90 Å². The summed E-state index contributed by atoms with van der Waals surface area (Å²) in [5.74, 6) is 1.21. The monoisotopic (exact) mass is 360 g/mol. The number of nitrogens with zero attached hydrogens (tertiary/aromatic N) is 6. The largest absolute Gasteiger partial charge is 0.353 e. The van der Waals surface area contributed by atoms with Crippen LogP contribution in [0.25, 0.3) is 0 Å². The molecule has 2 aliphatic rings. The van der Waals surface area contributed by atoms with Crippen molar-refractivity contribution in [3.8, 4) is 0 Å². The molecule has 9 heteroatoms. The van der Waals surface area contributed by atoms with E-state index in [4.69, 9.17) is 0 Å². The Hall–Kier alpha value is -2.71. The van der Waals surface area contributed by atoms with E-state index in [1.807, 2.05) is 4.90 Å². The number of aromatic nitrogens is 2. The van der Waals surface area contributed by atoms with E-state index in [0.29, 0.717) is 63.9 Å². The molecule has 0 N–H and O–H groups in total. The highest BCUT2D eigenvalue weighted by Crippen LogP contribution is 2.17. The average molecular weight is 360 g/mol. The molecule has 0 radical (unpaired) electrons.